The number of aryl methyl sites for hydroxylation is 1. The first kappa shape index (κ1) is 20.7. The number of rotatable bonds is 8. The molecule has 8 nitrogen and oxygen atoms in total. The Hall–Kier alpha value is -2.56. The first-order chi connectivity index (χ1) is 14.7. The van der Waals surface area contributed by atoms with Crippen molar-refractivity contribution in [1.29, 1.82) is 0 Å². The van der Waals surface area contributed by atoms with Crippen LogP contribution in [-0.4, -0.2) is 54.3 Å². The molecule has 0 aromatic carbocycles. The van der Waals surface area contributed by atoms with Gasteiger partial charge in [-0.3, -0.25) is 9.98 Å². The molecule has 10 heteroatoms. The van der Waals surface area contributed by atoms with Gasteiger partial charge < -0.3 is 20.1 Å². The summed E-state index contributed by atoms with van der Waals surface area (Å²) in [6, 6.07) is 2.00. The van der Waals surface area contributed by atoms with Crippen molar-refractivity contribution in [1.82, 2.24) is 20.3 Å². The summed E-state index contributed by atoms with van der Waals surface area (Å²) in [6.07, 6.45) is 3.65. The van der Waals surface area contributed by atoms with E-state index in [9.17, 15) is 0 Å². The number of anilines is 1. The third-order valence-corrected chi connectivity index (χ3v) is 6.08. The molecule has 0 saturated heterocycles. The molecule has 0 radical (unpaired) electrons. The van der Waals surface area contributed by atoms with Crippen LogP contribution < -0.4 is 15.4 Å². The number of pyridine rings is 1. The lowest BCUT2D eigenvalue weighted by atomic mass is 10.2. The average molecular weight is 445 g/mol. The lowest BCUT2D eigenvalue weighted by Gasteiger charge is -2.13. The molecule has 0 aliphatic carbocycles. The summed E-state index contributed by atoms with van der Waals surface area (Å²) in [6.45, 7) is 5.02. The van der Waals surface area contributed by atoms with Gasteiger partial charge in [0.25, 0.3) is 0 Å². The van der Waals surface area contributed by atoms with E-state index in [4.69, 9.17) is 14.5 Å². The summed E-state index contributed by atoms with van der Waals surface area (Å²) in [4.78, 5) is 18.3. The topological polar surface area (TPSA) is 93.5 Å². The maximum Gasteiger partial charge on any atom is 0.197 e. The predicted octanol–water partition coefficient (Wildman–Crippen LogP) is 3.81. The van der Waals surface area contributed by atoms with Gasteiger partial charge in [0.1, 0.15) is 22.1 Å². The SMILES string of the molecule is COCCCOc1cnc(C)c(-c2nc(-c3csc(NC4=NCCCN4)n3)cs2)c1. The number of hydrogen-bond acceptors (Lipinski definition) is 10. The number of nitrogens with one attached hydrogen (secondary N) is 2. The van der Waals surface area contributed by atoms with Crippen molar-refractivity contribution in [3.05, 3.63) is 28.7 Å². The fraction of sp³-hybridized carbons (Fsp3) is 0.400. The fourth-order valence-corrected chi connectivity index (χ4v) is 4.47. The van der Waals surface area contributed by atoms with Crippen LogP contribution in [0.2, 0.25) is 0 Å². The molecule has 0 amide bonds. The van der Waals surface area contributed by atoms with Crippen molar-refractivity contribution in [3.8, 4) is 27.7 Å². The van der Waals surface area contributed by atoms with Gasteiger partial charge in [0.05, 0.1) is 12.8 Å². The standard InChI is InChI=1S/C20H24N6O2S2/c1-13-15(9-14(10-23-13)28-8-4-7-27-2)18-24-16(11-29-18)17-12-30-20(25-17)26-19-21-5-3-6-22-19/h9-12H,3-8H2,1-2H3,(H2,21,22,25,26). The minimum absolute atomic E-state index is 0.593. The lowest BCUT2D eigenvalue weighted by molar-refractivity contribution is 0.172. The zero-order valence-corrected chi connectivity index (χ0v) is 18.6. The van der Waals surface area contributed by atoms with Crippen LogP contribution in [0.5, 0.6) is 5.75 Å². The summed E-state index contributed by atoms with van der Waals surface area (Å²) < 4.78 is 10.8. The normalized spacial score (nSPS) is 13.6. The van der Waals surface area contributed by atoms with Crippen LogP contribution in [0.3, 0.4) is 0 Å². The summed E-state index contributed by atoms with van der Waals surface area (Å²) in [5.74, 6) is 1.52. The van der Waals surface area contributed by atoms with Gasteiger partial charge in [-0.05, 0) is 19.4 Å². The highest BCUT2D eigenvalue weighted by Crippen LogP contribution is 2.33. The second-order valence-electron chi connectivity index (χ2n) is 6.71. The van der Waals surface area contributed by atoms with Crippen LogP contribution in [-0.2, 0) is 4.74 Å². The van der Waals surface area contributed by atoms with Crippen LogP contribution in [0, 0.1) is 6.92 Å². The van der Waals surface area contributed by atoms with Crippen LogP contribution in [0.1, 0.15) is 18.5 Å². The molecule has 0 atom stereocenters. The Morgan fingerprint density at radius 1 is 1.17 bits per heavy atom. The Morgan fingerprint density at radius 3 is 2.87 bits per heavy atom. The van der Waals surface area contributed by atoms with Gasteiger partial charge in [-0.1, -0.05) is 0 Å². The predicted molar refractivity (Wildman–Crippen MR) is 122 cm³/mol. The Balaban J connectivity index is 1.47. The quantitative estimate of drug-likeness (QED) is 0.510. The van der Waals surface area contributed by atoms with Crippen molar-refractivity contribution in [2.24, 2.45) is 4.99 Å². The molecule has 1 aliphatic heterocycles. The smallest absolute Gasteiger partial charge is 0.197 e. The van der Waals surface area contributed by atoms with E-state index in [-0.39, 0.29) is 0 Å². The Labute approximate surface area is 183 Å². The summed E-state index contributed by atoms with van der Waals surface area (Å²) in [7, 11) is 1.69. The maximum absolute atomic E-state index is 5.79. The van der Waals surface area contributed by atoms with E-state index < -0.39 is 0 Å². The number of thiazole rings is 2. The van der Waals surface area contributed by atoms with E-state index in [0.29, 0.717) is 13.2 Å². The Morgan fingerprint density at radius 2 is 2.03 bits per heavy atom. The molecule has 0 unspecified atom stereocenters. The number of methoxy groups -OCH3 is 1. The van der Waals surface area contributed by atoms with E-state index >= 15 is 0 Å². The molecule has 30 heavy (non-hydrogen) atoms. The van der Waals surface area contributed by atoms with Crippen molar-refractivity contribution >= 4 is 33.8 Å². The first-order valence-corrected chi connectivity index (χ1v) is 11.5. The molecule has 3 aromatic rings. The highest BCUT2D eigenvalue weighted by Gasteiger charge is 2.14. The third kappa shape index (κ3) is 5.13. The van der Waals surface area contributed by atoms with Crippen molar-refractivity contribution in [2.45, 2.75) is 19.8 Å². The van der Waals surface area contributed by atoms with Crippen molar-refractivity contribution in [2.75, 3.05) is 38.7 Å². The van der Waals surface area contributed by atoms with E-state index in [1.807, 2.05) is 23.8 Å². The molecule has 0 bridgehead atoms. The van der Waals surface area contributed by atoms with Crippen LogP contribution in [0.4, 0.5) is 5.13 Å². The minimum atomic E-state index is 0.593. The van der Waals surface area contributed by atoms with Gasteiger partial charge >= 0.3 is 0 Å². The number of ether oxygens (including phenoxy) is 2. The number of guanidine groups is 1. The van der Waals surface area contributed by atoms with Gasteiger partial charge in [0, 0.05) is 55.2 Å². The molecule has 3 aromatic heterocycles. The number of nitrogens with zero attached hydrogens (tertiary/aromatic N) is 4. The molecule has 0 spiro atoms. The van der Waals surface area contributed by atoms with E-state index in [0.717, 1.165) is 70.4 Å². The molecule has 0 saturated carbocycles. The van der Waals surface area contributed by atoms with Gasteiger partial charge in [-0.2, -0.15) is 0 Å². The Bertz CT molecular complexity index is 1020. The third-order valence-electron chi connectivity index (χ3n) is 4.45. The molecule has 2 N–H and O–H groups in total. The molecular weight excluding hydrogens is 420 g/mol. The monoisotopic (exact) mass is 444 g/mol. The fourth-order valence-electron chi connectivity index (χ4n) is 2.88. The van der Waals surface area contributed by atoms with E-state index in [1.54, 1.807) is 36.0 Å². The molecule has 0 fully saturated rings. The summed E-state index contributed by atoms with van der Waals surface area (Å²) in [5.41, 5.74) is 3.59. The zero-order valence-electron chi connectivity index (χ0n) is 17.0. The van der Waals surface area contributed by atoms with Gasteiger partial charge in [-0.15, -0.1) is 22.7 Å². The highest BCUT2D eigenvalue weighted by molar-refractivity contribution is 7.14. The first-order valence-electron chi connectivity index (χ1n) is 9.78. The van der Waals surface area contributed by atoms with Gasteiger partial charge in [-0.25, -0.2) is 9.97 Å². The van der Waals surface area contributed by atoms with Crippen molar-refractivity contribution in [3.63, 3.8) is 0 Å². The van der Waals surface area contributed by atoms with Gasteiger partial charge in [0.15, 0.2) is 11.1 Å². The molecule has 4 heterocycles. The van der Waals surface area contributed by atoms with Crippen molar-refractivity contribution < 1.29 is 9.47 Å². The van der Waals surface area contributed by atoms with Crippen LogP contribution >= 0.6 is 22.7 Å². The zero-order chi connectivity index (χ0) is 20.8. The lowest BCUT2D eigenvalue weighted by Crippen LogP contribution is -2.35. The summed E-state index contributed by atoms with van der Waals surface area (Å²) >= 11 is 3.12. The van der Waals surface area contributed by atoms with E-state index in [2.05, 4.69) is 25.6 Å². The molecular formula is C20H24N6O2S2. The maximum atomic E-state index is 5.79. The van der Waals surface area contributed by atoms with Gasteiger partial charge in [0.2, 0.25) is 0 Å². The van der Waals surface area contributed by atoms with E-state index in [1.165, 1.54) is 0 Å². The molecule has 1 aliphatic rings. The molecule has 4 rings (SSSR count). The summed E-state index contributed by atoms with van der Waals surface area (Å²) in [5, 5.41) is 12.2. The number of aromatic nitrogens is 3. The second-order valence-corrected chi connectivity index (χ2v) is 8.43. The minimum Gasteiger partial charge on any atom is -0.492 e. The average Bonchev–Trinajstić information content (AvgIpc) is 3.43. The second kappa shape index (κ2) is 9.96. The van der Waals surface area contributed by atoms with Crippen LogP contribution in [0.15, 0.2) is 28.0 Å². The highest BCUT2D eigenvalue weighted by atomic mass is 32.1. The largest absolute Gasteiger partial charge is 0.492 e. The van der Waals surface area contributed by atoms with Crippen LogP contribution in [0.25, 0.3) is 22.0 Å². The Kier molecular flexibility index (Phi) is 6.88. The molecule has 158 valence electrons. The number of hydrogen-bond donors (Lipinski definition) is 2. The number of aliphatic imine (C=N–C) groups is 1.